The van der Waals surface area contributed by atoms with E-state index in [4.69, 9.17) is 15.6 Å². The molecule has 0 bridgehead atoms. The van der Waals surface area contributed by atoms with E-state index in [9.17, 15) is 0 Å². The summed E-state index contributed by atoms with van der Waals surface area (Å²) < 4.78 is 4.95. The van der Waals surface area contributed by atoms with Gasteiger partial charge in [0.15, 0.2) is 0 Å². The minimum Gasteiger partial charge on any atom is -0.395 e. The van der Waals surface area contributed by atoms with Crippen LogP contribution in [0.4, 0.5) is 0 Å². The highest BCUT2D eigenvalue weighted by molar-refractivity contribution is 4.76. The fourth-order valence-corrected chi connectivity index (χ4v) is 1.33. The molecule has 3 N–H and O–H groups in total. The third kappa shape index (κ3) is 5.21. The molecule has 2 atom stereocenters. The van der Waals surface area contributed by atoms with Gasteiger partial charge < -0.3 is 15.6 Å². The number of methoxy groups -OCH3 is 1. The maximum Gasteiger partial charge on any atom is 0.0601 e. The lowest BCUT2D eigenvalue weighted by atomic mass is 10.1. The van der Waals surface area contributed by atoms with Crippen LogP contribution in [0.15, 0.2) is 0 Å². The van der Waals surface area contributed by atoms with Crippen LogP contribution in [0, 0.1) is 0 Å². The Hall–Kier alpha value is -0.160. The Labute approximate surface area is 80.7 Å². The topological polar surface area (TPSA) is 58.7 Å². The van der Waals surface area contributed by atoms with E-state index in [0.29, 0.717) is 0 Å². The molecule has 0 saturated heterocycles. The Morgan fingerprint density at radius 2 is 2.15 bits per heavy atom. The summed E-state index contributed by atoms with van der Waals surface area (Å²) in [6.07, 6.45) is 0.968. The number of nitrogens with two attached hydrogens (primary N) is 1. The molecule has 0 radical (unpaired) electrons. The lowest BCUT2D eigenvalue weighted by Crippen LogP contribution is -2.47. The minimum atomic E-state index is -0.00227. The lowest BCUT2D eigenvalue weighted by molar-refractivity contribution is 0.115. The fourth-order valence-electron chi connectivity index (χ4n) is 1.33. The van der Waals surface area contributed by atoms with Gasteiger partial charge in [-0.05, 0) is 20.4 Å². The van der Waals surface area contributed by atoms with Crippen LogP contribution in [-0.2, 0) is 4.74 Å². The zero-order valence-electron chi connectivity index (χ0n) is 8.86. The van der Waals surface area contributed by atoms with E-state index in [1.807, 2.05) is 14.0 Å². The van der Waals surface area contributed by atoms with Gasteiger partial charge in [0.2, 0.25) is 0 Å². The van der Waals surface area contributed by atoms with Crippen molar-refractivity contribution in [2.75, 3.05) is 33.9 Å². The van der Waals surface area contributed by atoms with Gasteiger partial charge in [0.05, 0.1) is 6.61 Å². The second kappa shape index (κ2) is 7.26. The van der Waals surface area contributed by atoms with Crippen molar-refractivity contribution in [2.24, 2.45) is 5.73 Å². The van der Waals surface area contributed by atoms with Crippen molar-refractivity contribution in [1.29, 1.82) is 0 Å². The van der Waals surface area contributed by atoms with E-state index < -0.39 is 0 Å². The smallest absolute Gasteiger partial charge is 0.0601 e. The first-order valence-electron chi connectivity index (χ1n) is 4.69. The highest BCUT2D eigenvalue weighted by atomic mass is 16.5. The van der Waals surface area contributed by atoms with Crippen LogP contribution in [0.2, 0.25) is 0 Å². The molecular formula is C9H22N2O2. The monoisotopic (exact) mass is 190 g/mol. The first-order valence-corrected chi connectivity index (χ1v) is 4.69. The summed E-state index contributed by atoms with van der Waals surface area (Å²) in [5.41, 5.74) is 5.72. The van der Waals surface area contributed by atoms with Crippen molar-refractivity contribution in [3.63, 3.8) is 0 Å². The molecule has 0 spiro atoms. The van der Waals surface area contributed by atoms with Crippen LogP contribution >= 0.6 is 0 Å². The number of aliphatic hydroxyl groups excluding tert-OH is 1. The summed E-state index contributed by atoms with van der Waals surface area (Å²) in [6.45, 7) is 3.68. The molecule has 0 aromatic heterocycles. The molecule has 0 aromatic carbocycles. The minimum absolute atomic E-state index is 0.00227. The second-order valence-corrected chi connectivity index (χ2v) is 3.44. The third-order valence-corrected chi connectivity index (χ3v) is 2.22. The van der Waals surface area contributed by atoms with E-state index >= 15 is 0 Å². The number of ether oxygens (including phenoxy) is 1. The van der Waals surface area contributed by atoms with Crippen molar-refractivity contribution in [3.8, 4) is 0 Å². The zero-order chi connectivity index (χ0) is 10.3. The van der Waals surface area contributed by atoms with Gasteiger partial charge in [-0.3, -0.25) is 4.90 Å². The number of rotatable bonds is 7. The fraction of sp³-hybridized carbons (Fsp3) is 1.00. The molecule has 0 aliphatic carbocycles. The number of likely N-dealkylation sites (N-methyl/N-ethyl adjacent to an activating group) is 1. The summed E-state index contributed by atoms with van der Waals surface area (Å²) in [7, 11) is 3.66. The van der Waals surface area contributed by atoms with Gasteiger partial charge in [0, 0.05) is 32.3 Å². The predicted octanol–water partition coefficient (Wildman–Crippen LogP) is -0.337. The highest BCUT2D eigenvalue weighted by Crippen LogP contribution is 2.00. The van der Waals surface area contributed by atoms with Crippen LogP contribution in [0.3, 0.4) is 0 Å². The summed E-state index contributed by atoms with van der Waals surface area (Å²) in [5.74, 6) is 0. The molecule has 0 aromatic rings. The van der Waals surface area contributed by atoms with Crippen LogP contribution in [0.25, 0.3) is 0 Å². The van der Waals surface area contributed by atoms with Crippen LogP contribution < -0.4 is 5.73 Å². The Kier molecular flexibility index (Phi) is 7.17. The van der Waals surface area contributed by atoms with E-state index in [-0.39, 0.29) is 18.7 Å². The largest absolute Gasteiger partial charge is 0.395 e. The van der Waals surface area contributed by atoms with Gasteiger partial charge in [0.1, 0.15) is 0 Å². The molecule has 4 nitrogen and oxygen atoms in total. The van der Waals surface area contributed by atoms with Gasteiger partial charge in [-0.2, -0.15) is 0 Å². The SMILES string of the molecule is COCCCN(C)C(CO)C(C)N. The standard InChI is InChI=1S/C9H22N2O2/c1-8(10)9(7-12)11(2)5-4-6-13-3/h8-9,12H,4-7,10H2,1-3H3. The summed E-state index contributed by atoms with van der Waals surface area (Å²) in [6, 6.07) is 0.0504. The Bertz CT molecular complexity index is 120. The van der Waals surface area contributed by atoms with Gasteiger partial charge in [0.25, 0.3) is 0 Å². The Balaban J connectivity index is 3.70. The van der Waals surface area contributed by atoms with E-state index in [1.54, 1.807) is 7.11 Å². The Morgan fingerprint density at radius 1 is 1.54 bits per heavy atom. The quantitative estimate of drug-likeness (QED) is 0.539. The molecule has 0 fully saturated rings. The van der Waals surface area contributed by atoms with Crippen molar-refractivity contribution in [1.82, 2.24) is 4.90 Å². The molecule has 0 heterocycles. The zero-order valence-corrected chi connectivity index (χ0v) is 8.86. The van der Waals surface area contributed by atoms with Gasteiger partial charge in [-0.15, -0.1) is 0 Å². The molecule has 2 unspecified atom stereocenters. The van der Waals surface area contributed by atoms with Crippen molar-refractivity contribution >= 4 is 0 Å². The first kappa shape index (κ1) is 12.8. The third-order valence-electron chi connectivity index (χ3n) is 2.22. The van der Waals surface area contributed by atoms with Crippen molar-refractivity contribution in [3.05, 3.63) is 0 Å². The normalized spacial score (nSPS) is 16.2. The molecule has 4 heteroatoms. The van der Waals surface area contributed by atoms with Crippen molar-refractivity contribution < 1.29 is 9.84 Å². The molecule has 0 aliphatic heterocycles. The summed E-state index contributed by atoms with van der Waals surface area (Å²) in [4.78, 5) is 2.07. The maximum absolute atomic E-state index is 9.07. The molecule has 0 saturated carbocycles. The van der Waals surface area contributed by atoms with E-state index in [0.717, 1.165) is 19.6 Å². The highest BCUT2D eigenvalue weighted by Gasteiger charge is 2.16. The average molecular weight is 190 g/mol. The molecule has 0 rings (SSSR count). The molecule has 13 heavy (non-hydrogen) atoms. The Morgan fingerprint density at radius 3 is 2.54 bits per heavy atom. The molecule has 0 aliphatic rings. The maximum atomic E-state index is 9.07. The number of nitrogens with zero attached hydrogens (tertiary/aromatic N) is 1. The number of hydrogen-bond donors (Lipinski definition) is 2. The number of aliphatic hydroxyl groups is 1. The molecular weight excluding hydrogens is 168 g/mol. The van der Waals surface area contributed by atoms with Crippen molar-refractivity contribution in [2.45, 2.75) is 25.4 Å². The van der Waals surface area contributed by atoms with Crippen LogP contribution in [-0.4, -0.2) is 56.0 Å². The lowest BCUT2D eigenvalue weighted by Gasteiger charge is -2.29. The summed E-state index contributed by atoms with van der Waals surface area (Å²) in [5, 5.41) is 9.07. The first-order chi connectivity index (χ1) is 6.13. The van der Waals surface area contributed by atoms with Crippen LogP contribution in [0.1, 0.15) is 13.3 Å². The average Bonchev–Trinajstić information content (AvgIpc) is 2.05. The van der Waals surface area contributed by atoms with E-state index in [1.165, 1.54) is 0 Å². The van der Waals surface area contributed by atoms with Gasteiger partial charge in [-0.1, -0.05) is 0 Å². The van der Waals surface area contributed by atoms with Gasteiger partial charge >= 0.3 is 0 Å². The molecule has 0 amide bonds. The second-order valence-electron chi connectivity index (χ2n) is 3.44. The summed E-state index contributed by atoms with van der Waals surface area (Å²) >= 11 is 0. The van der Waals surface area contributed by atoms with Gasteiger partial charge in [-0.25, -0.2) is 0 Å². The van der Waals surface area contributed by atoms with Crippen LogP contribution in [0.5, 0.6) is 0 Å². The number of hydrogen-bond acceptors (Lipinski definition) is 4. The molecule has 80 valence electrons. The van der Waals surface area contributed by atoms with E-state index in [2.05, 4.69) is 4.90 Å². The predicted molar refractivity (Wildman–Crippen MR) is 53.6 cm³/mol.